The largest absolute Gasteiger partial charge is 0.354 e. The second-order valence-electron chi connectivity index (χ2n) is 11.7. The van der Waals surface area contributed by atoms with Crippen molar-refractivity contribution in [3.8, 4) is 0 Å². The summed E-state index contributed by atoms with van der Waals surface area (Å²) >= 11 is 0. The first-order chi connectivity index (χ1) is 20.7. The van der Waals surface area contributed by atoms with Gasteiger partial charge in [0.05, 0.1) is 16.2 Å². The highest BCUT2D eigenvalue weighted by atomic mass is 32.2. The van der Waals surface area contributed by atoms with Crippen LogP contribution in [0.25, 0.3) is 11.3 Å². The van der Waals surface area contributed by atoms with E-state index in [1.165, 1.54) is 18.1 Å². The molecule has 7 nitrogen and oxygen atoms in total. The van der Waals surface area contributed by atoms with E-state index in [-0.39, 0.29) is 10.8 Å². The Balaban J connectivity index is 1.33. The number of para-hydroxylation sites is 1. The summed E-state index contributed by atoms with van der Waals surface area (Å²) in [4.78, 5) is 16.0. The summed E-state index contributed by atoms with van der Waals surface area (Å²) in [7, 11) is -3.89. The van der Waals surface area contributed by atoms with E-state index in [1.807, 2.05) is 48.5 Å². The van der Waals surface area contributed by atoms with E-state index < -0.39 is 10.0 Å². The Morgan fingerprint density at radius 3 is 2.16 bits per heavy atom. The number of nitrogens with zero attached hydrogens (tertiary/aromatic N) is 1. The van der Waals surface area contributed by atoms with Gasteiger partial charge in [-0.2, -0.15) is 0 Å². The molecular formula is C35H36N4O3S. The van der Waals surface area contributed by atoms with Crippen molar-refractivity contribution in [2.45, 2.75) is 31.7 Å². The molecule has 1 saturated heterocycles. The van der Waals surface area contributed by atoms with Crippen molar-refractivity contribution < 1.29 is 13.2 Å². The summed E-state index contributed by atoms with van der Waals surface area (Å²) in [6.07, 6.45) is 1.28. The van der Waals surface area contributed by atoms with E-state index in [1.54, 1.807) is 36.4 Å². The van der Waals surface area contributed by atoms with Crippen LogP contribution in [0.3, 0.4) is 0 Å². The fourth-order valence-electron chi connectivity index (χ4n) is 6.18. The third-order valence-electron chi connectivity index (χ3n) is 7.96. The number of hydrogen-bond acceptors (Lipinski definition) is 5. The van der Waals surface area contributed by atoms with Gasteiger partial charge in [-0.05, 0) is 71.8 Å². The van der Waals surface area contributed by atoms with Crippen molar-refractivity contribution in [3.63, 3.8) is 0 Å². The SMILES string of the molecule is CC1CC(C)CN(Cc2ccc(NC(=C3C(=O)Nc4ccc(S(=O)(=O)Nc5ccccc5)cc43)c3ccccc3)cc2)C1. The summed E-state index contributed by atoms with van der Waals surface area (Å²) in [6, 6.07) is 31.4. The number of hydrogen-bond donors (Lipinski definition) is 3. The Morgan fingerprint density at radius 2 is 1.49 bits per heavy atom. The summed E-state index contributed by atoms with van der Waals surface area (Å²) in [5.41, 5.74) is 5.44. The van der Waals surface area contributed by atoms with Gasteiger partial charge >= 0.3 is 0 Å². The number of amides is 1. The van der Waals surface area contributed by atoms with Crippen molar-refractivity contribution in [3.05, 3.63) is 120 Å². The molecule has 3 N–H and O–H groups in total. The first-order valence-electron chi connectivity index (χ1n) is 14.7. The average molecular weight is 593 g/mol. The highest BCUT2D eigenvalue weighted by Gasteiger charge is 2.30. The zero-order chi connectivity index (χ0) is 30.0. The third kappa shape index (κ3) is 6.50. The van der Waals surface area contributed by atoms with Crippen LogP contribution in [0, 0.1) is 11.8 Å². The van der Waals surface area contributed by atoms with Gasteiger partial charge in [0.2, 0.25) is 0 Å². The molecule has 4 aromatic carbocycles. The van der Waals surface area contributed by atoms with Crippen LogP contribution in [0.1, 0.15) is 37.0 Å². The summed E-state index contributed by atoms with van der Waals surface area (Å²) < 4.78 is 29.2. The molecule has 8 heteroatoms. The van der Waals surface area contributed by atoms with Crippen LogP contribution in [0.4, 0.5) is 17.1 Å². The Bertz CT molecular complexity index is 1740. The Kier molecular flexibility index (Phi) is 8.06. The first-order valence-corrected chi connectivity index (χ1v) is 16.1. The predicted octanol–water partition coefficient (Wildman–Crippen LogP) is 6.90. The number of piperidine rings is 1. The minimum absolute atomic E-state index is 0.0715. The maximum absolute atomic E-state index is 13.4. The Hall–Kier alpha value is -4.40. The van der Waals surface area contributed by atoms with Crippen molar-refractivity contribution >= 4 is 44.3 Å². The number of fused-ring (bicyclic) bond motifs is 1. The first kappa shape index (κ1) is 28.7. The standard InChI is InChI=1S/C35H36N4O3S/c1-24-19-25(2)22-39(21-24)23-26-13-15-28(16-14-26)36-34(27-9-5-3-6-10-27)33-31-20-30(17-18-32(31)37-35(33)40)43(41,42)38-29-11-7-4-8-12-29/h3-18,20,24-25,36,38H,19,21-23H2,1-2H3,(H,37,40). The summed E-state index contributed by atoms with van der Waals surface area (Å²) in [6.45, 7) is 7.78. The fraction of sp³-hybridized carbons (Fsp3) is 0.229. The zero-order valence-corrected chi connectivity index (χ0v) is 25.2. The monoisotopic (exact) mass is 592 g/mol. The molecule has 2 atom stereocenters. The second kappa shape index (κ2) is 12.1. The second-order valence-corrected chi connectivity index (χ2v) is 13.4. The van der Waals surface area contributed by atoms with E-state index >= 15 is 0 Å². The van der Waals surface area contributed by atoms with Crippen LogP contribution < -0.4 is 15.4 Å². The fourth-order valence-corrected chi connectivity index (χ4v) is 7.27. The molecule has 4 aromatic rings. The van der Waals surface area contributed by atoms with Crippen LogP contribution in [-0.4, -0.2) is 32.3 Å². The van der Waals surface area contributed by atoms with Crippen LogP contribution in [0.2, 0.25) is 0 Å². The van der Waals surface area contributed by atoms with Gasteiger partial charge in [0.25, 0.3) is 15.9 Å². The number of anilines is 3. The maximum Gasteiger partial charge on any atom is 0.261 e. The molecule has 220 valence electrons. The Labute approximate surface area is 253 Å². The molecule has 0 aromatic heterocycles. The van der Waals surface area contributed by atoms with Crippen LogP contribution in [0.15, 0.2) is 108 Å². The molecule has 0 spiro atoms. The summed E-state index contributed by atoms with van der Waals surface area (Å²) in [5, 5.41) is 6.41. The van der Waals surface area contributed by atoms with E-state index in [0.29, 0.717) is 40.0 Å². The molecule has 0 aliphatic carbocycles. The van der Waals surface area contributed by atoms with Gasteiger partial charge in [0.15, 0.2) is 0 Å². The molecule has 2 aliphatic rings. The van der Waals surface area contributed by atoms with Gasteiger partial charge in [-0.1, -0.05) is 74.5 Å². The minimum atomic E-state index is -3.89. The van der Waals surface area contributed by atoms with Crippen LogP contribution in [0.5, 0.6) is 0 Å². The molecule has 43 heavy (non-hydrogen) atoms. The number of carbonyl (C=O) groups excluding carboxylic acids is 1. The van der Waals surface area contributed by atoms with E-state index in [4.69, 9.17) is 0 Å². The average Bonchev–Trinajstić information content (AvgIpc) is 3.31. The minimum Gasteiger partial charge on any atom is -0.354 e. The molecule has 0 bridgehead atoms. The lowest BCUT2D eigenvalue weighted by Crippen LogP contribution is -2.38. The van der Waals surface area contributed by atoms with E-state index in [9.17, 15) is 13.2 Å². The van der Waals surface area contributed by atoms with Crippen molar-refractivity contribution in [2.24, 2.45) is 11.8 Å². The maximum atomic E-state index is 13.4. The molecule has 2 unspecified atom stereocenters. The molecule has 2 aliphatic heterocycles. The van der Waals surface area contributed by atoms with Gasteiger partial charge in [-0.3, -0.25) is 14.4 Å². The zero-order valence-electron chi connectivity index (χ0n) is 24.4. The van der Waals surface area contributed by atoms with Gasteiger partial charge in [-0.15, -0.1) is 0 Å². The molecule has 1 fully saturated rings. The molecule has 6 rings (SSSR count). The van der Waals surface area contributed by atoms with Crippen molar-refractivity contribution in [1.82, 2.24) is 4.90 Å². The van der Waals surface area contributed by atoms with Gasteiger partial charge in [-0.25, -0.2) is 8.42 Å². The predicted molar refractivity (Wildman–Crippen MR) is 174 cm³/mol. The lowest BCUT2D eigenvalue weighted by molar-refractivity contribution is -0.110. The molecule has 1 amide bonds. The van der Waals surface area contributed by atoms with Crippen molar-refractivity contribution in [1.29, 1.82) is 0 Å². The van der Waals surface area contributed by atoms with Crippen LogP contribution >= 0.6 is 0 Å². The number of benzene rings is 4. The van der Waals surface area contributed by atoms with E-state index in [0.717, 1.165) is 30.9 Å². The molecule has 2 heterocycles. The lowest BCUT2D eigenvalue weighted by atomic mass is 9.91. The Morgan fingerprint density at radius 1 is 0.837 bits per heavy atom. The van der Waals surface area contributed by atoms with Crippen molar-refractivity contribution in [2.75, 3.05) is 28.4 Å². The smallest absolute Gasteiger partial charge is 0.261 e. The van der Waals surface area contributed by atoms with Crippen LogP contribution in [-0.2, 0) is 21.4 Å². The lowest BCUT2D eigenvalue weighted by Gasteiger charge is -2.35. The number of likely N-dealkylation sites (tertiary alicyclic amines) is 1. The molecular weight excluding hydrogens is 556 g/mol. The molecule has 0 saturated carbocycles. The quantitative estimate of drug-likeness (QED) is 0.194. The topological polar surface area (TPSA) is 90.5 Å². The number of nitrogens with one attached hydrogen (secondary N) is 3. The highest BCUT2D eigenvalue weighted by Crippen LogP contribution is 2.39. The number of sulfonamides is 1. The normalized spacial score (nSPS) is 19.8. The van der Waals surface area contributed by atoms with Gasteiger partial charge in [0.1, 0.15) is 0 Å². The third-order valence-corrected chi connectivity index (χ3v) is 9.34. The highest BCUT2D eigenvalue weighted by molar-refractivity contribution is 7.92. The van der Waals surface area contributed by atoms with Gasteiger partial charge < -0.3 is 10.6 Å². The van der Waals surface area contributed by atoms with E-state index in [2.05, 4.69) is 46.2 Å². The summed E-state index contributed by atoms with van der Waals surface area (Å²) in [5.74, 6) is 1.11. The van der Waals surface area contributed by atoms with Gasteiger partial charge in [0, 0.05) is 42.3 Å². The molecule has 0 radical (unpaired) electrons. The number of carbonyl (C=O) groups is 1. The number of rotatable bonds is 8.